The largest absolute Gasteiger partial charge is 0.463 e. The molecule has 0 aliphatic carbocycles. The van der Waals surface area contributed by atoms with Crippen molar-refractivity contribution in [3.05, 3.63) is 12.2 Å². The van der Waals surface area contributed by atoms with Crippen LogP contribution in [0.4, 0.5) is 0 Å². The van der Waals surface area contributed by atoms with Gasteiger partial charge in [0.1, 0.15) is 0 Å². The number of carbonyl (C=O) groups excluding carboxylic acids is 1. The Morgan fingerprint density at radius 1 is 1.59 bits per heavy atom. The first-order valence-electron chi connectivity index (χ1n) is 6.32. The molecule has 0 radical (unpaired) electrons. The summed E-state index contributed by atoms with van der Waals surface area (Å²) in [6.07, 6.45) is 5.75. The van der Waals surface area contributed by atoms with Crippen molar-refractivity contribution in [3.63, 3.8) is 0 Å². The molecule has 4 heteroatoms. The SMILES string of the molecule is CCOC(=O)/C=C/CN(C)CC1CCCOC1. The van der Waals surface area contributed by atoms with E-state index in [1.807, 2.05) is 6.08 Å². The standard InChI is InChI=1S/C13H23NO3/c1-3-17-13(15)7-4-8-14(2)10-12-6-5-9-16-11-12/h4,7,12H,3,5-6,8-11H2,1-2H3/b7-4+. The highest BCUT2D eigenvalue weighted by Gasteiger charge is 2.15. The first kappa shape index (κ1) is 14.2. The maximum Gasteiger partial charge on any atom is 0.330 e. The Morgan fingerprint density at radius 2 is 2.41 bits per heavy atom. The van der Waals surface area contributed by atoms with Gasteiger partial charge in [-0.15, -0.1) is 0 Å². The van der Waals surface area contributed by atoms with Crippen molar-refractivity contribution in [3.8, 4) is 0 Å². The summed E-state index contributed by atoms with van der Waals surface area (Å²) in [6.45, 7) is 5.80. The van der Waals surface area contributed by atoms with Gasteiger partial charge in [-0.3, -0.25) is 0 Å². The predicted molar refractivity (Wildman–Crippen MR) is 66.8 cm³/mol. The molecule has 1 atom stereocenters. The first-order valence-corrected chi connectivity index (χ1v) is 6.32. The van der Waals surface area contributed by atoms with Crippen molar-refractivity contribution in [1.29, 1.82) is 0 Å². The van der Waals surface area contributed by atoms with Crippen molar-refractivity contribution in [2.45, 2.75) is 19.8 Å². The van der Waals surface area contributed by atoms with Crippen molar-refractivity contribution in [2.75, 3.05) is 40.0 Å². The molecule has 1 unspecified atom stereocenters. The summed E-state index contributed by atoms with van der Waals surface area (Å²) in [5, 5.41) is 0. The average molecular weight is 241 g/mol. The van der Waals surface area contributed by atoms with E-state index in [1.54, 1.807) is 6.92 Å². The second kappa shape index (κ2) is 8.25. The van der Waals surface area contributed by atoms with Crippen LogP contribution >= 0.6 is 0 Å². The fourth-order valence-corrected chi connectivity index (χ4v) is 1.99. The Morgan fingerprint density at radius 3 is 3.06 bits per heavy atom. The maximum atomic E-state index is 11.1. The maximum absolute atomic E-state index is 11.1. The van der Waals surface area contributed by atoms with Gasteiger partial charge in [-0.1, -0.05) is 6.08 Å². The molecule has 4 nitrogen and oxygen atoms in total. The van der Waals surface area contributed by atoms with E-state index in [9.17, 15) is 4.79 Å². The molecule has 0 aromatic rings. The molecule has 1 fully saturated rings. The summed E-state index contributed by atoms with van der Waals surface area (Å²) < 4.78 is 10.2. The van der Waals surface area contributed by atoms with E-state index in [2.05, 4.69) is 11.9 Å². The second-order valence-corrected chi connectivity index (χ2v) is 4.46. The third kappa shape index (κ3) is 6.44. The van der Waals surface area contributed by atoms with Gasteiger partial charge in [0.05, 0.1) is 13.2 Å². The molecule has 0 bridgehead atoms. The highest BCUT2D eigenvalue weighted by Crippen LogP contribution is 2.14. The molecule has 98 valence electrons. The van der Waals surface area contributed by atoms with Crippen LogP contribution in [0.5, 0.6) is 0 Å². The smallest absolute Gasteiger partial charge is 0.330 e. The fraction of sp³-hybridized carbons (Fsp3) is 0.769. The zero-order valence-corrected chi connectivity index (χ0v) is 10.9. The lowest BCUT2D eigenvalue weighted by Crippen LogP contribution is -2.31. The number of ether oxygens (including phenoxy) is 2. The molecule has 17 heavy (non-hydrogen) atoms. The lowest BCUT2D eigenvalue weighted by atomic mass is 10.0. The average Bonchev–Trinajstić information content (AvgIpc) is 2.30. The molecular weight excluding hydrogens is 218 g/mol. The van der Waals surface area contributed by atoms with Gasteiger partial charge < -0.3 is 14.4 Å². The van der Waals surface area contributed by atoms with E-state index in [1.165, 1.54) is 12.5 Å². The minimum atomic E-state index is -0.262. The third-order valence-corrected chi connectivity index (χ3v) is 2.78. The van der Waals surface area contributed by atoms with Crippen LogP contribution in [0.15, 0.2) is 12.2 Å². The highest BCUT2D eigenvalue weighted by molar-refractivity contribution is 5.81. The lowest BCUT2D eigenvalue weighted by Gasteiger charge is -2.26. The normalized spacial score (nSPS) is 21.0. The Balaban J connectivity index is 2.15. The van der Waals surface area contributed by atoms with Crippen molar-refractivity contribution < 1.29 is 14.3 Å². The van der Waals surface area contributed by atoms with E-state index < -0.39 is 0 Å². The minimum Gasteiger partial charge on any atom is -0.463 e. The molecule has 1 aliphatic rings. The highest BCUT2D eigenvalue weighted by atomic mass is 16.5. The summed E-state index contributed by atoms with van der Waals surface area (Å²) in [7, 11) is 2.06. The molecule has 0 aromatic heterocycles. The van der Waals surface area contributed by atoms with Crippen LogP contribution in [0, 0.1) is 5.92 Å². The Labute approximate surface area is 104 Å². The summed E-state index contributed by atoms with van der Waals surface area (Å²) in [6, 6.07) is 0. The molecule has 0 amide bonds. The number of esters is 1. The Bertz CT molecular complexity index is 247. The molecule has 1 heterocycles. The summed E-state index contributed by atoms with van der Waals surface area (Å²) in [5.74, 6) is 0.367. The number of likely N-dealkylation sites (N-methyl/N-ethyl adjacent to an activating group) is 1. The first-order chi connectivity index (χ1) is 8.22. The number of nitrogens with zero attached hydrogens (tertiary/aromatic N) is 1. The summed E-state index contributed by atoms with van der Waals surface area (Å²) in [4.78, 5) is 13.3. The van der Waals surface area contributed by atoms with E-state index in [0.29, 0.717) is 12.5 Å². The van der Waals surface area contributed by atoms with Gasteiger partial charge >= 0.3 is 5.97 Å². The third-order valence-electron chi connectivity index (χ3n) is 2.78. The zero-order valence-electron chi connectivity index (χ0n) is 10.9. The van der Waals surface area contributed by atoms with Crippen molar-refractivity contribution >= 4 is 5.97 Å². The van der Waals surface area contributed by atoms with Gasteiger partial charge in [-0.05, 0) is 32.7 Å². The van der Waals surface area contributed by atoms with Crippen LogP contribution in [0.1, 0.15) is 19.8 Å². The minimum absolute atomic E-state index is 0.262. The van der Waals surface area contributed by atoms with Crippen molar-refractivity contribution in [2.24, 2.45) is 5.92 Å². The van der Waals surface area contributed by atoms with Crippen LogP contribution in [0.2, 0.25) is 0 Å². The predicted octanol–water partition coefficient (Wildman–Crippen LogP) is 1.46. The van der Waals surface area contributed by atoms with Gasteiger partial charge in [0.2, 0.25) is 0 Å². The molecule has 0 N–H and O–H groups in total. The summed E-state index contributed by atoms with van der Waals surface area (Å²) >= 11 is 0. The molecule has 1 aliphatic heterocycles. The monoisotopic (exact) mass is 241 g/mol. The van der Waals surface area contributed by atoms with E-state index in [0.717, 1.165) is 32.7 Å². The zero-order chi connectivity index (χ0) is 12.5. The van der Waals surface area contributed by atoms with E-state index >= 15 is 0 Å². The van der Waals surface area contributed by atoms with Crippen LogP contribution in [-0.4, -0.2) is 50.8 Å². The molecular formula is C13H23NO3. The van der Waals surface area contributed by atoms with Gasteiger partial charge in [-0.25, -0.2) is 4.79 Å². The fourth-order valence-electron chi connectivity index (χ4n) is 1.99. The van der Waals surface area contributed by atoms with Crippen LogP contribution < -0.4 is 0 Å². The Hall–Kier alpha value is -0.870. The summed E-state index contributed by atoms with van der Waals surface area (Å²) in [5.41, 5.74) is 0. The molecule has 0 aromatic carbocycles. The molecule has 1 saturated heterocycles. The van der Waals surface area contributed by atoms with Gasteiger partial charge in [0.15, 0.2) is 0 Å². The van der Waals surface area contributed by atoms with Crippen LogP contribution in [0.3, 0.4) is 0 Å². The quantitative estimate of drug-likeness (QED) is 0.521. The number of rotatable bonds is 6. The van der Waals surface area contributed by atoms with E-state index in [-0.39, 0.29) is 5.97 Å². The van der Waals surface area contributed by atoms with Crippen LogP contribution in [0.25, 0.3) is 0 Å². The van der Waals surface area contributed by atoms with Gasteiger partial charge in [-0.2, -0.15) is 0 Å². The van der Waals surface area contributed by atoms with Gasteiger partial charge in [0.25, 0.3) is 0 Å². The second-order valence-electron chi connectivity index (χ2n) is 4.46. The van der Waals surface area contributed by atoms with Crippen LogP contribution in [-0.2, 0) is 14.3 Å². The molecule has 1 rings (SSSR count). The topological polar surface area (TPSA) is 38.8 Å². The molecule has 0 spiro atoms. The van der Waals surface area contributed by atoms with Gasteiger partial charge in [0, 0.05) is 25.8 Å². The van der Waals surface area contributed by atoms with Crippen molar-refractivity contribution in [1.82, 2.24) is 4.90 Å². The number of hydrogen-bond acceptors (Lipinski definition) is 4. The van der Waals surface area contributed by atoms with E-state index in [4.69, 9.17) is 9.47 Å². The number of hydrogen-bond donors (Lipinski definition) is 0. The molecule has 0 saturated carbocycles. The Kier molecular flexibility index (Phi) is 6.89. The lowest BCUT2D eigenvalue weighted by molar-refractivity contribution is -0.137. The number of carbonyl (C=O) groups is 1.